The van der Waals surface area contributed by atoms with E-state index < -0.39 is 17.8 Å². The summed E-state index contributed by atoms with van der Waals surface area (Å²) < 4.78 is 4.43. The molecule has 0 bridgehead atoms. The number of hydrogen-bond donors (Lipinski definition) is 4. The van der Waals surface area contributed by atoms with Crippen LogP contribution in [0.15, 0.2) is 0 Å². The molecule has 0 unspecified atom stereocenters. The number of hydrogen-bond acceptors (Lipinski definition) is 8. The quantitative estimate of drug-likeness (QED) is 0.112. The number of nitrogens with two attached hydrogens (primary N) is 1. The Bertz CT molecular complexity index is 531. The van der Waals surface area contributed by atoms with Gasteiger partial charge < -0.3 is 15.8 Å². The Hall–Kier alpha value is -2.24. The van der Waals surface area contributed by atoms with Crippen LogP contribution in [0.5, 0.6) is 0 Å². The van der Waals surface area contributed by atoms with Gasteiger partial charge in [0.2, 0.25) is 17.7 Å². The molecule has 30 heavy (non-hydrogen) atoms. The van der Waals surface area contributed by atoms with Crippen molar-refractivity contribution in [2.45, 2.75) is 64.2 Å². The van der Waals surface area contributed by atoms with E-state index in [4.69, 9.17) is 5.73 Å². The van der Waals surface area contributed by atoms with Crippen LogP contribution in [0, 0.1) is 0 Å². The maximum atomic E-state index is 11.7. The fourth-order valence-electron chi connectivity index (χ4n) is 2.50. The Kier molecular flexibility index (Phi) is 16.3. The van der Waals surface area contributed by atoms with E-state index in [9.17, 15) is 29.6 Å². The van der Waals surface area contributed by atoms with Gasteiger partial charge in [-0.3, -0.25) is 29.6 Å². The minimum atomic E-state index is -0.546. The number of esters is 1. The molecule has 174 valence electrons. The third kappa shape index (κ3) is 14.7. The molecule has 3 amide bonds. The molecular formula is C19H36N4O7. The van der Waals surface area contributed by atoms with E-state index in [2.05, 4.69) is 10.1 Å². The zero-order valence-electron chi connectivity index (χ0n) is 17.8. The number of ether oxygens (including phenoxy) is 1. The number of nitrogens with one attached hydrogen (secondary N) is 1. The van der Waals surface area contributed by atoms with Crippen LogP contribution in [0.4, 0.5) is 0 Å². The number of amides is 3. The molecular weight excluding hydrogens is 396 g/mol. The summed E-state index contributed by atoms with van der Waals surface area (Å²) in [6.45, 7) is 1.36. The predicted molar refractivity (Wildman–Crippen MR) is 107 cm³/mol. The summed E-state index contributed by atoms with van der Waals surface area (Å²) in [5.74, 6) is -1.82. The summed E-state index contributed by atoms with van der Waals surface area (Å²) in [6.07, 6.45) is 3.94. The van der Waals surface area contributed by atoms with Gasteiger partial charge in [-0.05, 0) is 38.6 Å². The zero-order valence-corrected chi connectivity index (χ0v) is 17.8. The van der Waals surface area contributed by atoms with E-state index in [0.29, 0.717) is 48.9 Å². The molecule has 0 aliphatic heterocycles. The van der Waals surface area contributed by atoms with Crippen molar-refractivity contribution in [3.63, 3.8) is 0 Å². The lowest BCUT2D eigenvalue weighted by molar-refractivity contribution is -0.167. The molecule has 0 aliphatic carbocycles. The SMILES string of the molecule is COC(=O)CCC(=O)N(O)CCCCCNC(=O)CCC(=O)N(O)CCCCCN. The molecule has 11 nitrogen and oxygen atoms in total. The second kappa shape index (κ2) is 17.6. The number of hydroxylamine groups is 4. The van der Waals surface area contributed by atoms with E-state index in [1.807, 2.05) is 0 Å². The summed E-state index contributed by atoms with van der Waals surface area (Å²) in [5, 5.41) is 23.1. The van der Waals surface area contributed by atoms with Crippen LogP contribution >= 0.6 is 0 Å². The highest BCUT2D eigenvalue weighted by atomic mass is 16.5. The maximum Gasteiger partial charge on any atom is 0.306 e. The molecule has 0 aliphatic rings. The van der Waals surface area contributed by atoms with Crippen molar-refractivity contribution in [2.75, 3.05) is 33.3 Å². The summed E-state index contributed by atoms with van der Waals surface area (Å²) in [5.41, 5.74) is 5.37. The largest absolute Gasteiger partial charge is 0.469 e. The molecule has 0 aromatic rings. The second-order valence-corrected chi connectivity index (χ2v) is 6.87. The monoisotopic (exact) mass is 432 g/mol. The standard InChI is InChI=1S/C19H36N4O7/c1-30-19(27)11-10-18(26)23(29)15-7-3-5-13-21-16(24)8-9-17(25)22(28)14-6-2-4-12-20/h28-29H,2-15,20H2,1H3,(H,21,24). The number of unbranched alkanes of at least 4 members (excludes halogenated alkanes) is 4. The summed E-state index contributed by atoms with van der Waals surface area (Å²) in [6, 6.07) is 0. The lowest BCUT2D eigenvalue weighted by atomic mass is 10.2. The van der Waals surface area contributed by atoms with Gasteiger partial charge in [0.1, 0.15) is 0 Å². The smallest absolute Gasteiger partial charge is 0.306 e. The summed E-state index contributed by atoms with van der Waals surface area (Å²) >= 11 is 0. The Labute approximate surface area is 177 Å². The maximum absolute atomic E-state index is 11.7. The molecule has 0 heterocycles. The molecule has 5 N–H and O–H groups in total. The average molecular weight is 433 g/mol. The Morgan fingerprint density at radius 1 is 0.800 bits per heavy atom. The highest BCUT2D eigenvalue weighted by molar-refractivity contribution is 5.83. The fraction of sp³-hybridized carbons (Fsp3) is 0.789. The van der Waals surface area contributed by atoms with Gasteiger partial charge in [-0.25, -0.2) is 10.1 Å². The number of nitrogens with zero attached hydrogens (tertiary/aromatic N) is 2. The highest BCUT2D eigenvalue weighted by Gasteiger charge is 2.14. The lowest BCUT2D eigenvalue weighted by Gasteiger charge is -2.15. The minimum absolute atomic E-state index is 0.00218. The van der Waals surface area contributed by atoms with Crippen LogP contribution in [0.3, 0.4) is 0 Å². The molecule has 0 spiro atoms. The van der Waals surface area contributed by atoms with Crippen LogP contribution in [0.2, 0.25) is 0 Å². The Morgan fingerprint density at radius 3 is 1.87 bits per heavy atom. The topological polar surface area (TPSA) is 162 Å². The van der Waals surface area contributed by atoms with Crippen LogP contribution < -0.4 is 11.1 Å². The van der Waals surface area contributed by atoms with Gasteiger partial charge in [-0.1, -0.05) is 6.42 Å². The van der Waals surface area contributed by atoms with Crippen molar-refractivity contribution in [1.82, 2.24) is 15.4 Å². The van der Waals surface area contributed by atoms with Crippen molar-refractivity contribution in [1.29, 1.82) is 0 Å². The van der Waals surface area contributed by atoms with Gasteiger partial charge in [0.05, 0.1) is 13.5 Å². The third-order valence-electron chi connectivity index (χ3n) is 4.36. The molecule has 0 fully saturated rings. The van der Waals surface area contributed by atoms with Gasteiger partial charge in [0.25, 0.3) is 0 Å². The first-order valence-corrected chi connectivity index (χ1v) is 10.3. The van der Waals surface area contributed by atoms with Crippen LogP contribution in [0.25, 0.3) is 0 Å². The van der Waals surface area contributed by atoms with Gasteiger partial charge in [-0.2, -0.15) is 0 Å². The van der Waals surface area contributed by atoms with Gasteiger partial charge in [0.15, 0.2) is 0 Å². The zero-order chi connectivity index (χ0) is 22.8. The second-order valence-electron chi connectivity index (χ2n) is 6.87. The van der Waals surface area contributed by atoms with Crippen LogP contribution in [-0.4, -0.2) is 77.5 Å². The van der Waals surface area contributed by atoms with Gasteiger partial charge >= 0.3 is 5.97 Å². The van der Waals surface area contributed by atoms with Crippen molar-refractivity contribution in [3.8, 4) is 0 Å². The van der Waals surface area contributed by atoms with E-state index >= 15 is 0 Å². The summed E-state index contributed by atoms with van der Waals surface area (Å²) in [4.78, 5) is 46.0. The molecule has 0 aromatic heterocycles. The Morgan fingerprint density at radius 2 is 1.33 bits per heavy atom. The first-order valence-electron chi connectivity index (χ1n) is 10.3. The highest BCUT2D eigenvalue weighted by Crippen LogP contribution is 2.03. The number of carbonyl (C=O) groups is 4. The molecule has 0 saturated carbocycles. The predicted octanol–water partition coefficient (Wildman–Crippen LogP) is 0.571. The third-order valence-corrected chi connectivity index (χ3v) is 4.36. The van der Waals surface area contributed by atoms with E-state index in [-0.39, 0.29) is 44.7 Å². The van der Waals surface area contributed by atoms with Crippen molar-refractivity contribution < 1.29 is 34.3 Å². The van der Waals surface area contributed by atoms with E-state index in [0.717, 1.165) is 12.8 Å². The number of rotatable bonds is 17. The summed E-state index contributed by atoms with van der Waals surface area (Å²) in [7, 11) is 1.23. The normalized spacial score (nSPS) is 10.4. The van der Waals surface area contributed by atoms with Gasteiger partial charge in [0, 0.05) is 38.9 Å². The number of carbonyl (C=O) groups excluding carboxylic acids is 4. The van der Waals surface area contributed by atoms with Crippen molar-refractivity contribution in [2.24, 2.45) is 5.73 Å². The van der Waals surface area contributed by atoms with E-state index in [1.165, 1.54) is 7.11 Å². The molecule has 0 atom stereocenters. The fourth-order valence-corrected chi connectivity index (χ4v) is 2.50. The molecule has 0 radical (unpaired) electrons. The first kappa shape index (κ1) is 27.8. The van der Waals surface area contributed by atoms with E-state index in [1.54, 1.807) is 0 Å². The van der Waals surface area contributed by atoms with Crippen LogP contribution in [0.1, 0.15) is 64.2 Å². The molecule has 0 rings (SSSR count). The number of methoxy groups -OCH3 is 1. The molecule has 0 aromatic carbocycles. The van der Waals surface area contributed by atoms with Crippen LogP contribution in [-0.2, 0) is 23.9 Å². The van der Waals surface area contributed by atoms with Crippen molar-refractivity contribution in [3.05, 3.63) is 0 Å². The van der Waals surface area contributed by atoms with Gasteiger partial charge in [-0.15, -0.1) is 0 Å². The first-order chi connectivity index (χ1) is 14.3. The average Bonchev–Trinajstić information content (AvgIpc) is 2.74. The lowest BCUT2D eigenvalue weighted by Crippen LogP contribution is -2.31. The minimum Gasteiger partial charge on any atom is -0.469 e. The molecule has 11 heteroatoms. The van der Waals surface area contributed by atoms with Crippen molar-refractivity contribution >= 4 is 23.7 Å². The molecule has 0 saturated heterocycles. The Balaban J connectivity index is 3.72.